The number of hydrogen-bond acceptors (Lipinski definition) is 5. The Kier molecular flexibility index (Phi) is 4.38. The first-order valence-electron chi connectivity index (χ1n) is 7.59. The van der Waals surface area contributed by atoms with Gasteiger partial charge in [0.1, 0.15) is 0 Å². The van der Waals surface area contributed by atoms with Crippen molar-refractivity contribution in [1.29, 1.82) is 0 Å². The van der Waals surface area contributed by atoms with E-state index in [0.29, 0.717) is 24.7 Å². The van der Waals surface area contributed by atoms with Crippen molar-refractivity contribution in [2.45, 2.75) is 18.8 Å². The van der Waals surface area contributed by atoms with Gasteiger partial charge in [0.2, 0.25) is 5.91 Å². The number of likely N-dealkylation sites (tertiary alicyclic amines) is 1. The molecule has 6 heteroatoms. The number of pyridine rings is 1. The summed E-state index contributed by atoms with van der Waals surface area (Å²) in [5, 5.41) is 0. The van der Waals surface area contributed by atoms with Crippen LogP contribution in [-0.2, 0) is 14.3 Å². The highest BCUT2D eigenvalue weighted by molar-refractivity contribution is 5.89. The molecule has 3 heterocycles. The third kappa shape index (κ3) is 2.97. The smallest absolute Gasteiger partial charge is 0.339 e. The minimum atomic E-state index is -0.369. The van der Waals surface area contributed by atoms with E-state index in [1.165, 1.54) is 13.3 Å². The van der Waals surface area contributed by atoms with Crippen molar-refractivity contribution in [2.24, 2.45) is 5.92 Å². The Hall–Kier alpha value is -1.95. The van der Waals surface area contributed by atoms with Gasteiger partial charge in [0.05, 0.1) is 31.8 Å². The van der Waals surface area contributed by atoms with Crippen molar-refractivity contribution in [1.82, 2.24) is 9.88 Å². The summed E-state index contributed by atoms with van der Waals surface area (Å²) in [7, 11) is 1.36. The maximum atomic E-state index is 12.2. The Morgan fingerprint density at radius 2 is 2.00 bits per heavy atom. The highest BCUT2D eigenvalue weighted by Gasteiger charge is 2.33. The summed E-state index contributed by atoms with van der Waals surface area (Å²) < 4.78 is 9.81. The summed E-state index contributed by atoms with van der Waals surface area (Å²) in [5.74, 6) is 0.234. The van der Waals surface area contributed by atoms with E-state index < -0.39 is 0 Å². The van der Waals surface area contributed by atoms with Crippen molar-refractivity contribution in [3.63, 3.8) is 0 Å². The van der Waals surface area contributed by atoms with E-state index in [1.54, 1.807) is 6.20 Å². The van der Waals surface area contributed by atoms with Gasteiger partial charge in [0, 0.05) is 25.5 Å². The average molecular weight is 304 g/mol. The van der Waals surface area contributed by atoms with Gasteiger partial charge in [-0.25, -0.2) is 4.79 Å². The van der Waals surface area contributed by atoms with Crippen LogP contribution in [-0.4, -0.2) is 55.2 Å². The Morgan fingerprint density at radius 3 is 2.59 bits per heavy atom. The first kappa shape index (κ1) is 15.0. The molecule has 118 valence electrons. The van der Waals surface area contributed by atoms with Gasteiger partial charge in [-0.1, -0.05) is 0 Å². The zero-order valence-corrected chi connectivity index (χ0v) is 12.7. The molecule has 0 N–H and O–H groups in total. The average Bonchev–Trinajstić information content (AvgIpc) is 2.52. The maximum Gasteiger partial charge on any atom is 0.339 e. The molecule has 0 aliphatic carbocycles. The Bertz CT molecular complexity index is 563. The van der Waals surface area contributed by atoms with Crippen molar-refractivity contribution < 1.29 is 19.1 Å². The van der Waals surface area contributed by atoms with Crippen LogP contribution in [0.5, 0.6) is 0 Å². The van der Waals surface area contributed by atoms with E-state index in [4.69, 9.17) is 9.47 Å². The molecule has 1 aromatic heterocycles. The molecule has 0 unspecified atom stereocenters. The molecular weight excluding hydrogens is 284 g/mol. The van der Waals surface area contributed by atoms with Gasteiger partial charge in [-0.15, -0.1) is 0 Å². The number of carbonyl (C=O) groups is 2. The maximum absolute atomic E-state index is 12.2. The molecule has 2 aliphatic heterocycles. The standard InChI is InChI=1S/C16H20N2O4/c1-21-16(20)13-6-12(7-17-8-13)11-2-4-18(5-3-11)15(19)14-9-22-10-14/h6-8,11,14H,2-5,9-10H2,1H3. The second-order valence-corrected chi connectivity index (χ2v) is 5.83. The van der Waals surface area contributed by atoms with Crippen LogP contribution in [0, 0.1) is 5.92 Å². The van der Waals surface area contributed by atoms with Crippen LogP contribution >= 0.6 is 0 Å². The van der Waals surface area contributed by atoms with Gasteiger partial charge >= 0.3 is 5.97 Å². The van der Waals surface area contributed by atoms with Crippen LogP contribution in [0.15, 0.2) is 18.5 Å². The third-order valence-corrected chi connectivity index (χ3v) is 4.45. The van der Waals surface area contributed by atoms with Crippen LogP contribution in [0.3, 0.4) is 0 Å². The molecule has 3 rings (SSSR count). The minimum absolute atomic E-state index is 0.0564. The number of carbonyl (C=O) groups excluding carboxylic acids is 2. The van der Waals surface area contributed by atoms with Gasteiger partial charge in [-0.2, -0.15) is 0 Å². The van der Waals surface area contributed by atoms with Gasteiger partial charge in [0.15, 0.2) is 0 Å². The first-order valence-corrected chi connectivity index (χ1v) is 7.59. The molecule has 2 aliphatic rings. The largest absolute Gasteiger partial charge is 0.465 e. The number of hydrogen-bond donors (Lipinski definition) is 0. The Morgan fingerprint density at radius 1 is 1.27 bits per heavy atom. The van der Waals surface area contributed by atoms with Crippen molar-refractivity contribution in [3.05, 3.63) is 29.6 Å². The molecule has 0 atom stereocenters. The third-order valence-electron chi connectivity index (χ3n) is 4.45. The van der Waals surface area contributed by atoms with Gasteiger partial charge in [0.25, 0.3) is 0 Å². The lowest BCUT2D eigenvalue weighted by Crippen LogP contribution is -2.47. The lowest BCUT2D eigenvalue weighted by Gasteiger charge is -2.36. The van der Waals surface area contributed by atoms with Crippen LogP contribution in [0.25, 0.3) is 0 Å². The molecule has 0 saturated carbocycles. The number of aromatic nitrogens is 1. The summed E-state index contributed by atoms with van der Waals surface area (Å²) in [5.41, 5.74) is 1.52. The van der Waals surface area contributed by atoms with Crippen molar-refractivity contribution in [2.75, 3.05) is 33.4 Å². The second kappa shape index (κ2) is 6.44. The summed E-state index contributed by atoms with van der Waals surface area (Å²) >= 11 is 0. The van der Waals surface area contributed by atoms with E-state index in [0.717, 1.165) is 31.5 Å². The predicted molar refractivity (Wildman–Crippen MR) is 78.4 cm³/mol. The number of amides is 1. The topological polar surface area (TPSA) is 68.7 Å². The zero-order valence-electron chi connectivity index (χ0n) is 12.7. The molecule has 6 nitrogen and oxygen atoms in total. The molecular formula is C16H20N2O4. The number of esters is 1. The molecule has 22 heavy (non-hydrogen) atoms. The highest BCUT2D eigenvalue weighted by Crippen LogP contribution is 2.29. The van der Waals surface area contributed by atoms with Crippen LogP contribution < -0.4 is 0 Å². The van der Waals surface area contributed by atoms with E-state index in [-0.39, 0.29) is 17.8 Å². The van der Waals surface area contributed by atoms with E-state index in [2.05, 4.69) is 4.98 Å². The number of nitrogens with zero attached hydrogens (tertiary/aromatic N) is 2. The first-order chi connectivity index (χ1) is 10.7. The van der Waals surface area contributed by atoms with E-state index in [9.17, 15) is 9.59 Å². The van der Waals surface area contributed by atoms with Crippen LogP contribution in [0.4, 0.5) is 0 Å². The van der Waals surface area contributed by atoms with E-state index in [1.807, 2.05) is 11.0 Å². The second-order valence-electron chi connectivity index (χ2n) is 5.83. The normalized spacial score (nSPS) is 19.6. The van der Waals surface area contributed by atoms with Crippen molar-refractivity contribution in [3.8, 4) is 0 Å². The van der Waals surface area contributed by atoms with Crippen LogP contribution in [0.2, 0.25) is 0 Å². The Labute approximate surface area is 129 Å². The number of rotatable bonds is 3. The predicted octanol–water partition coefficient (Wildman–Crippen LogP) is 1.22. The number of ether oxygens (including phenoxy) is 2. The molecule has 0 bridgehead atoms. The van der Waals surface area contributed by atoms with Gasteiger partial charge < -0.3 is 14.4 Å². The lowest BCUT2D eigenvalue weighted by molar-refractivity contribution is -0.150. The summed E-state index contributed by atoms with van der Waals surface area (Å²) in [6.45, 7) is 2.62. The molecule has 0 aromatic carbocycles. The molecule has 2 saturated heterocycles. The summed E-state index contributed by atoms with van der Waals surface area (Å²) in [4.78, 5) is 29.8. The fourth-order valence-corrected chi connectivity index (χ4v) is 2.98. The van der Waals surface area contributed by atoms with Crippen molar-refractivity contribution >= 4 is 11.9 Å². The molecule has 1 aromatic rings. The minimum Gasteiger partial charge on any atom is -0.465 e. The number of methoxy groups -OCH3 is 1. The Balaban J connectivity index is 1.61. The van der Waals surface area contributed by atoms with Gasteiger partial charge in [-0.05, 0) is 30.4 Å². The SMILES string of the molecule is COC(=O)c1cncc(C2CCN(C(=O)C3COC3)CC2)c1. The summed E-state index contributed by atoms with van der Waals surface area (Å²) in [6, 6.07) is 1.85. The fourth-order valence-electron chi connectivity index (χ4n) is 2.98. The lowest BCUT2D eigenvalue weighted by atomic mass is 9.89. The molecule has 0 spiro atoms. The summed E-state index contributed by atoms with van der Waals surface area (Å²) in [6.07, 6.45) is 5.11. The molecule has 2 fully saturated rings. The molecule has 0 radical (unpaired) electrons. The molecule has 1 amide bonds. The quantitative estimate of drug-likeness (QED) is 0.785. The van der Waals surface area contributed by atoms with Crippen LogP contribution in [0.1, 0.15) is 34.7 Å². The monoisotopic (exact) mass is 304 g/mol. The zero-order chi connectivity index (χ0) is 15.5. The number of piperidine rings is 1. The fraction of sp³-hybridized carbons (Fsp3) is 0.562. The van der Waals surface area contributed by atoms with Gasteiger partial charge in [-0.3, -0.25) is 9.78 Å². The van der Waals surface area contributed by atoms with E-state index >= 15 is 0 Å². The highest BCUT2D eigenvalue weighted by atomic mass is 16.5.